The van der Waals surface area contributed by atoms with Crippen molar-refractivity contribution < 1.29 is 13.6 Å². The summed E-state index contributed by atoms with van der Waals surface area (Å²) < 4.78 is 26.5. The van der Waals surface area contributed by atoms with Crippen LogP contribution in [0.2, 0.25) is 0 Å². The highest BCUT2D eigenvalue weighted by Crippen LogP contribution is 2.53. The first kappa shape index (κ1) is 13.3. The first-order valence-electron chi connectivity index (χ1n) is 6.96. The lowest BCUT2D eigenvalue weighted by molar-refractivity contribution is 0.167. The Balaban J connectivity index is 1.57. The third-order valence-electron chi connectivity index (χ3n) is 4.48. The van der Waals surface area contributed by atoms with Crippen LogP contribution in [0.15, 0.2) is 24.3 Å². The summed E-state index contributed by atoms with van der Waals surface area (Å²) in [7, 11) is 0. The Morgan fingerprint density at radius 3 is 2.75 bits per heavy atom. The second-order valence-corrected chi connectivity index (χ2v) is 6.04. The van der Waals surface area contributed by atoms with E-state index in [1.807, 2.05) is 0 Å². The van der Waals surface area contributed by atoms with Crippen molar-refractivity contribution in [2.75, 3.05) is 0 Å². The van der Waals surface area contributed by atoms with E-state index in [0.29, 0.717) is 12.0 Å². The number of carbonyl (C=O) groups excluding carboxylic acids is 1. The van der Waals surface area contributed by atoms with Gasteiger partial charge in [0.05, 0.1) is 6.04 Å². The molecule has 3 nitrogen and oxygen atoms in total. The fourth-order valence-electron chi connectivity index (χ4n) is 3.39. The van der Waals surface area contributed by atoms with Crippen LogP contribution in [-0.2, 0) is 0 Å². The predicted molar refractivity (Wildman–Crippen MR) is 71.5 cm³/mol. The number of hydrogen-bond acceptors (Lipinski definition) is 1. The lowest BCUT2D eigenvalue weighted by atomic mass is 9.77. The Morgan fingerprint density at radius 2 is 2.15 bits per heavy atom. The first-order chi connectivity index (χ1) is 9.47. The maximum absolute atomic E-state index is 13.4. The Kier molecular flexibility index (Phi) is 3.15. The van der Waals surface area contributed by atoms with Gasteiger partial charge in [-0.1, -0.05) is 12.1 Å². The topological polar surface area (TPSA) is 41.1 Å². The third-order valence-corrected chi connectivity index (χ3v) is 4.48. The van der Waals surface area contributed by atoms with Crippen LogP contribution >= 0.6 is 0 Å². The van der Waals surface area contributed by atoms with Crippen molar-refractivity contribution in [2.24, 2.45) is 5.92 Å². The average molecular weight is 280 g/mol. The van der Waals surface area contributed by atoms with Crippen LogP contribution in [0.1, 0.15) is 37.8 Å². The molecule has 0 spiro atoms. The second-order valence-electron chi connectivity index (χ2n) is 6.04. The van der Waals surface area contributed by atoms with E-state index in [1.54, 1.807) is 19.1 Å². The highest BCUT2D eigenvalue weighted by Gasteiger charge is 2.57. The lowest BCUT2D eigenvalue weighted by Gasteiger charge is -2.38. The molecule has 3 aliphatic carbocycles. The zero-order valence-corrected chi connectivity index (χ0v) is 11.3. The molecule has 0 saturated heterocycles. The molecule has 20 heavy (non-hydrogen) atoms. The van der Waals surface area contributed by atoms with E-state index in [-0.39, 0.29) is 29.3 Å². The van der Waals surface area contributed by atoms with Crippen molar-refractivity contribution in [2.45, 2.75) is 43.9 Å². The van der Waals surface area contributed by atoms with Crippen LogP contribution in [-0.4, -0.2) is 17.7 Å². The normalized spacial score (nSPS) is 32.4. The molecular formula is C15H18F2N2O. The summed E-state index contributed by atoms with van der Waals surface area (Å²) >= 11 is 0. The van der Waals surface area contributed by atoms with E-state index in [2.05, 4.69) is 10.6 Å². The number of nitrogens with one attached hydrogen (secondary N) is 2. The van der Waals surface area contributed by atoms with Gasteiger partial charge in [0.1, 0.15) is 12.0 Å². The molecule has 5 heteroatoms. The minimum absolute atomic E-state index is 0.121. The molecule has 1 aromatic carbocycles. The molecule has 3 aliphatic rings. The highest BCUT2D eigenvalue weighted by molar-refractivity contribution is 5.75. The number of amides is 2. The summed E-state index contributed by atoms with van der Waals surface area (Å²) in [5.41, 5.74) is 0.356. The zero-order valence-electron chi connectivity index (χ0n) is 11.3. The van der Waals surface area contributed by atoms with Crippen LogP contribution in [0.4, 0.5) is 13.6 Å². The molecule has 3 fully saturated rings. The molecule has 0 aliphatic heterocycles. The number of fused-ring (bicyclic) bond motifs is 1. The fourth-order valence-corrected chi connectivity index (χ4v) is 3.39. The Bertz CT molecular complexity index is 528. The van der Waals surface area contributed by atoms with Gasteiger partial charge in [0.2, 0.25) is 0 Å². The van der Waals surface area contributed by atoms with Crippen molar-refractivity contribution >= 4 is 6.03 Å². The molecule has 2 amide bonds. The number of alkyl halides is 1. The van der Waals surface area contributed by atoms with E-state index in [1.165, 1.54) is 12.1 Å². The van der Waals surface area contributed by atoms with Gasteiger partial charge in [-0.25, -0.2) is 13.6 Å². The second kappa shape index (κ2) is 4.72. The van der Waals surface area contributed by atoms with E-state index in [9.17, 15) is 13.6 Å². The van der Waals surface area contributed by atoms with Gasteiger partial charge in [0.15, 0.2) is 0 Å². The smallest absolute Gasteiger partial charge is 0.315 e. The van der Waals surface area contributed by atoms with Crippen LogP contribution in [0.3, 0.4) is 0 Å². The summed E-state index contributed by atoms with van der Waals surface area (Å²) in [4.78, 5) is 12.0. The first-order valence-corrected chi connectivity index (χ1v) is 6.96. The molecule has 108 valence electrons. The molecular weight excluding hydrogens is 262 g/mol. The van der Waals surface area contributed by atoms with Crippen LogP contribution in [0.5, 0.6) is 0 Å². The van der Waals surface area contributed by atoms with E-state index in [4.69, 9.17) is 0 Å². The quantitative estimate of drug-likeness (QED) is 0.877. The van der Waals surface area contributed by atoms with Gasteiger partial charge in [0, 0.05) is 12.0 Å². The van der Waals surface area contributed by atoms with Gasteiger partial charge in [-0.15, -0.1) is 0 Å². The Morgan fingerprint density at radius 1 is 1.40 bits per heavy atom. The van der Waals surface area contributed by atoms with Gasteiger partial charge in [-0.3, -0.25) is 0 Å². The number of hydrogen-bond donors (Lipinski definition) is 2. The molecule has 1 unspecified atom stereocenters. The summed E-state index contributed by atoms with van der Waals surface area (Å²) in [6.45, 7) is 1.79. The molecule has 4 rings (SSSR count). The van der Waals surface area contributed by atoms with Crippen LogP contribution < -0.4 is 10.6 Å². The number of halogens is 2. The van der Waals surface area contributed by atoms with Crippen LogP contribution in [0, 0.1) is 11.7 Å². The summed E-state index contributed by atoms with van der Waals surface area (Å²) in [6.07, 6.45) is 1.10. The van der Waals surface area contributed by atoms with E-state index in [0.717, 1.165) is 12.8 Å². The van der Waals surface area contributed by atoms with Crippen molar-refractivity contribution in [3.8, 4) is 0 Å². The maximum atomic E-state index is 13.4. The molecule has 2 bridgehead atoms. The monoisotopic (exact) mass is 280 g/mol. The van der Waals surface area contributed by atoms with Gasteiger partial charge in [-0.05, 0) is 43.4 Å². The number of carbonyl (C=O) groups is 1. The van der Waals surface area contributed by atoms with Crippen molar-refractivity contribution in [1.29, 1.82) is 0 Å². The van der Waals surface area contributed by atoms with Gasteiger partial charge in [-0.2, -0.15) is 0 Å². The van der Waals surface area contributed by atoms with E-state index < -0.39 is 6.17 Å². The van der Waals surface area contributed by atoms with E-state index >= 15 is 0 Å². The highest BCUT2D eigenvalue weighted by atomic mass is 19.1. The Hall–Kier alpha value is -1.65. The van der Waals surface area contributed by atoms with Crippen molar-refractivity contribution in [3.63, 3.8) is 0 Å². The van der Waals surface area contributed by atoms with Gasteiger partial charge in [0.25, 0.3) is 0 Å². The minimum Gasteiger partial charge on any atom is -0.333 e. The Labute approximate surface area is 116 Å². The predicted octanol–water partition coefficient (Wildman–Crippen LogP) is 3.08. The maximum Gasteiger partial charge on any atom is 0.315 e. The SMILES string of the molecule is C[C@H](NC(=O)NC12CC(F)C(C1)C2)c1cccc(F)c1. The minimum atomic E-state index is -0.782. The summed E-state index contributed by atoms with van der Waals surface area (Å²) in [5, 5.41) is 5.66. The fraction of sp³-hybridized carbons (Fsp3) is 0.533. The van der Waals surface area contributed by atoms with Gasteiger partial charge < -0.3 is 10.6 Å². The summed E-state index contributed by atoms with van der Waals surface area (Å²) in [5.74, 6) is -0.205. The van der Waals surface area contributed by atoms with Crippen molar-refractivity contribution in [1.82, 2.24) is 10.6 Å². The lowest BCUT2D eigenvalue weighted by Crippen LogP contribution is -2.55. The molecule has 0 radical (unpaired) electrons. The zero-order chi connectivity index (χ0) is 14.3. The number of benzene rings is 1. The molecule has 0 heterocycles. The number of rotatable bonds is 3. The molecule has 3 saturated carbocycles. The third kappa shape index (κ3) is 2.37. The average Bonchev–Trinajstić information content (AvgIpc) is 2.80. The molecule has 2 atom stereocenters. The van der Waals surface area contributed by atoms with Crippen LogP contribution in [0.25, 0.3) is 0 Å². The summed E-state index contributed by atoms with van der Waals surface area (Å²) in [6, 6.07) is 5.54. The molecule has 1 aromatic rings. The van der Waals surface area contributed by atoms with Gasteiger partial charge >= 0.3 is 6.03 Å². The molecule has 0 aromatic heterocycles. The number of urea groups is 1. The largest absolute Gasteiger partial charge is 0.333 e. The standard InChI is InChI=1S/C15H18F2N2O/c1-9(10-3-2-4-12(16)5-10)18-14(20)19-15-6-11(7-15)13(17)8-15/h2-5,9,11,13H,6-8H2,1H3,(H2,18,19,20)/t9-,11?,13?,15?/m0/s1. The molecule has 2 N–H and O–H groups in total. The van der Waals surface area contributed by atoms with Crippen molar-refractivity contribution in [3.05, 3.63) is 35.6 Å².